The summed E-state index contributed by atoms with van der Waals surface area (Å²) < 4.78 is 28.1. The van der Waals surface area contributed by atoms with Gasteiger partial charge >= 0.3 is 0 Å². The Balaban J connectivity index is 1.75. The van der Waals surface area contributed by atoms with Crippen molar-refractivity contribution < 1.29 is 13.2 Å². The number of sulfonamides is 1. The first-order valence-corrected chi connectivity index (χ1v) is 11.3. The van der Waals surface area contributed by atoms with Crippen LogP contribution in [0.15, 0.2) is 29.2 Å². The van der Waals surface area contributed by atoms with Crippen LogP contribution in [-0.4, -0.2) is 37.9 Å². The van der Waals surface area contributed by atoms with E-state index in [2.05, 4.69) is 18.6 Å². The van der Waals surface area contributed by atoms with Crippen molar-refractivity contribution in [3.05, 3.63) is 29.8 Å². The van der Waals surface area contributed by atoms with E-state index in [4.69, 9.17) is 0 Å². The van der Waals surface area contributed by atoms with Crippen LogP contribution in [0.5, 0.6) is 0 Å². The molecule has 1 N–H and O–H groups in total. The standard InChI is InChI=1S/C20H30N2O3S/c1-15(2)12-13-22(18-10-11-18)20(23)16-6-5-9-19(14-16)26(24,25)21-17-7-3-4-8-17/h5-6,9,14-15,17-18,21H,3-4,7-8,10-13H2,1-2H3. The Morgan fingerprint density at radius 3 is 2.50 bits per heavy atom. The second-order valence-electron chi connectivity index (χ2n) is 8.04. The molecular weight excluding hydrogens is 348 g/mol. The number of hydrogen-bond acceptors (Lipinski definition) is 3. The number of carbonyl (C=O) groups is 1. The number of benzene rings is 1. The highest BCUT2D eigenvalue weighted by atomic mass is 32.2. The van der Waals surface area contributed by atoms with E-state index < -0.39 is 10.0 Å². The lowest BCUT2D eigenvalue weighted by molar-refractivity contribution is 0.0735. The molecule has 2 aliphatic rings. The third kappa shape index (κ3) is 4.86. The summed E-state index contributed by atoms with van der Waals surface area (Å²) in [6.45, 7) is 5.04. The fourth-order valence-electron chi connectivity index (χ4n) is 3.53. The van der Waals surface area contributed by atoms with Crippen molar-refractivity contribution in [3.63, 3.8) is 0 Å². The molecule has 0 bridgehead atoms. The molecule has 0 heterocycles. The fraction of sp³-hybridized carbons (Fsp3) is 0.650. The highest BCUT2D eigenvalue weighted by Gasteiger charge is 2.33. The lowest BCUT2D eigenvalue weighted by atomic mass is 10.1. The highest BCUT2D eigenvalue weighted by Crippen LogP contribution is 2.29. The van der Waals surface area contributed by atoms with E-state index in [1.54, 1.807) is 18.2 Å². The second-order valence-corrected chi connectivity index (χ2v) is 9.76. The second kappa shape index (κ2) is 8.09. The van der Waals surface area contributed by atoms with Gasteiger partial charge in [0.05, 0.1) is 4.90 Å². The molecule has 2 aliphatic carbocycles. The van der Waals surface area contributed by atoms with Crippen LogP contribution < -0.4 is 4.72 Å². The van der Waals surface area contributed by atoms with Crippen LogP contribution in [0.1, 0.15) is 69.2 Å². The molecule has 2 saturated carbocycles. The molecule has 0 radical (unpaired) electrons. The van der Waals surface area contributed by atoms with E-state index in [0.29, 0.717) is 17.5 Å². The molecule has 0 atom stereocenters. The third-order valence-electron chi connectivity index (χ3n) is 5.26. The molecule has 0 aliphatic heterocycles. The monoisotopic (exact) mass is 378 g/mol. The smallest absolute Gasteiger partial charge is 0.254 e. The van der Waals surface area contributed by atoms with Crippen molar-refractivity contribution in [2.24, 2.45) is 5.92 Å². The molecule has 3 rings (SSSR count). The van der Waals surface area contributed by atoms with Gasteiger partial charge < -0.3 is 4.90 Å². The number of rotatable bonds is 8. The summed E-state index contributed by atoms with van der Waals surface area (Å²) in [7, 11) is -3.58. The van der Waals surface area contributed by atoms with Crippen LogP contribution in [0.3, 0.4) is 0 Å². The zero-order valence-electron chi connectivity index (χ0n) is 15.8. The maximum Gasteiger partial charge on any atom is 0.254 e. The Morgan fingerprint density at radius 1 is 1.19 bits per heavy atom. The lowest BCUT2D eigenvalue weighted by Crippen LogP contribution is -2.35. The van der Waals surface area contributed by atoms with Gasteiger partial charge in [0.1, 0.15) is 0 Å². The first-order chi connectivity index (χ1) is 12.4. The summed E-state index contributed by atoms with van der Waals surface area (Å²) in [6, 6.07) is 6.84. The summed E-state index contributed by atoms with van der Waals surface area (Å²) in [5.74, 6) is 0.484. The van der Waals surface area contributed by atoms with Gasteiger partial charge in [0, 0.05) is 24.2 Å². The van der Waals surface area contributed by atoms with Gasteiger partial charge in [-0.3, -0.25) is 4.79 Å². The molecule has 144 valence electrons. The average molecular weight is 379 g/mol. The molecule has 2 fully saturated rings. The molecular formula is C20H30N2O3S. The van der Waals surface area contributed by atoms with E-state index in [-0.39, 0.29) is 16.8 Å². The quantitative estimate of drug-likeness (QED) is 0.752. The van der Waals surface area contributed by atoms with Crippen molar-refractivity contribution >= 4 is 15.9 Å². The zero-order chi connectivity index (χ0) is 18.7. The van der Waals surface area contributed by atoms with Gasteiger partial charge in [-0.1, -0.05) is 32.8 Å². The lowest BCUT2D eigenvalue weighted by Gasteiger charge is -2.23. The molecule has 1 aromatic rings. The van der Waals surface area contributed by atoms with Gasteiger partial charge in [-0.15, -0.1) is 0 Å². The maximum absolute atomic E-state index is 13.0. The molecule has 26 heavy (non-hydrogen) atoms. The van der Waals surface area contributed by atoms with E-state index in [1.165, 1.54) is 6.07 Å². The normalized spacial score (nSPS) is 18.4. The van der Waals surface area contributed by atoms with Crippen molar-refractivity contribution in [1.82, 2.24) is 9.62 Å². The van der Waals surface area contributed by atoms with Gasteiger partial charge in [0.15, 0.2) is 0 Å². The Hall–Kier alpha value is -1.40. The van der Waals surface area contributed by atoms with Crippen LogP contribution in [0.2, 0.25) is 0 Å². The number of nitrogens with one attached hydrogen (secondary N) is 1. The molecule has 5 nitrogen and oxygen atoms in total. The largest absolute Gasteiger partial charge is 0.336 e. The number of amides is 1. The van der Waals surface area contributed by atoms with E-state index in [1.807, 2.05) is 4.90 Å². The molecule has 0 spiro atoms. The van der Waals surface area contributed by atoms with Crippen molar-refractivity contribution in [2.45, 2.75) is 75.8 Å². The predicted molar refractivity (Wildman–Crippen MR) is 103 cm³/mol. The van der Waals surface area contributed by atoms with Gasteiger partial charge in [0.25, 0.3) is 5.91 Å². The van der Waals surface area contributed by atoms with Crippen LogP contribution >= 0.6 is 0 Å². The van der Waals surface area contributed by atoms with Crippen molar-refractivity contribution in [1.29, 1.82) is 0 Å². The summed E-state index contributed by atoms with van der Waals surface area (Å²) >= 11 is 0. The Labute approximate surface area is 157 Å². The summed E-state index contributed by atoms with van der Waals surface area (Å²) in [5.41, 5.74) is 0.468. The van der Waals surface area contributed by atoms with Gasteiger partial charge in [-0.2, -0.15) is 0 Å². The summed E-state index contributed by atoms with van der Waals surface area (Å²) in [6.07, 6.45) is 6.97. The third-order valence-corrected chi connectivity index (χ3v) is 6.78. The minimum absolute atomic E-state index is 0.0216. The van der Waals surface area contributed by atoms with Crippen molar-refractivity contribution in [3.8, 4) is 0 Å². The fourth-order valence-corrected chi connectivity index (χ4v) is 4.88. The first kappa shape index (κ1) is 19.4. The van der Waals surface area contributed by atoms with Gasteiger partial charge in [0.2, 0.25) is 10.0 Å². The minimum Gasteiger partial charge on any atom is -0.336 e. The minimum atomic E-state index is -3.58. The SMILES string of the molecule is CC(C)CCN(C(=O)c1cccc(S(=O)(=O)NC2CCCC2)c1)C1CC1. The predicted octanol–water partition coefficient (Wildman–Crippen LogP) is 3.56. The van der Waals surface area contributed by atoms with Gasteiger partial charge in [-0.25, -0.2) is 13.1 Å². The van der Waals surface area contributed by atoms with Crippen LogP contribution in [0, 0.1) is 5.92 Å². The number of nitrogens with zero attached hydrogens (tertiary/aromatic N) is 1. The molecule has 0 saturated heterocycles. The molecule has 6 heteroatoms. The van der Waals surface area contributed by atoms with E-state index in [9.17, 15) is 13.2 Å². The van der Waals surface area contributed by atoms with Crippen LogP contribution in [-0.2, 0) is 10.0 Å². The van der Waals surface area contributed by atoms with Gasteiger partial charge in [-0.05, 0) is 56.2 Å². The molecule has 0 aromatic heterocycles. The Kier molecular flexibility index (Phi) is 6.03. The number of hydrogen-bond donors (Lipinski definition) is 1. The van der Waals surface area contributed by atoms with Crippen molar-refractivity contribution in [2.75, 3.05) is 6.54 Å². The first-order valence-electron chi connectivity index (χ1n) is 9.80. The van der Waals surface area contributed by atoms with Crippen LogP contribution in [0.25, 0.3) is 0 Å². The Morgan fingerprint density at radius 2 is 1.88 bits per heavy atom. The molecule has 1 amide bonds. The van der Waals surface area contributed by atoms with E-state index in [0.717, 1.165) is 51.5 Å². The summed E-state index contributed by atoms with van der Waals surface area (Å²) in [4.78, 5) is 15.1. The molecule has 0 unspecified atom stereocenters. The summed E-state index contributed by atoms with van der Waals surface area (Å²) in [5, 5.41) is 0. The van der Waals surface area contributed by atoms with Crippen LogP contribution in [0.4, 0.5) is 0 Å². The topological polar surface area (TPSA) is 66.5 Å². The van der Waals surface area contributed by atoms with E-state index >= 15 is 0 Å². The zero-order valence-corrected chi connectivity index (χ0v) is 16.6. The maximum atomic E-state index is 13.0. The highest BCUT2D eigenvalue weighted by molar-refractivity contribution is 7.89. The molecule has 1 aromatic carbocycles. The number of carbonyl (C=O) groups excluding carboxylic acids is 1. The Bertz CT molecular complexity index is 735. The average Bonchev–Trinajstić information content (AvgIpc) is 3.31.